The van der Waals surface area contributed by atoms with E-state index in [4.69, 9.17) is 4.74 Å². The average Bonchev–Trinajstić information content (AvgIpc) is 2.96. The number of carbonyl (C=O) groups excluding carboxylic acids is 1. The predicted molar refractivity (Wildman–Crippen MR) is 101 cm³/mol. The topological polar surface area (TPSA) is 36.0 Å². The Balaban J connectivity index is 1.44. The van der Waals surface area contributed by atoms with E-state index < -0.39 is 0 Å². The van der Waals surface area contributed by atoms with Gasteiger partial charge in [0.2, 0.25) is 5.91 Å². The van der Waals surface area contributed by atoms with Crippen molar-refractivity contribution in [1.29, 1.82) is 0 Å². The van der Waals surface area contributed by atoms with Crippen molar-refractivity contribution in [3.63, 3.8) is 0 Å². The monoisotopic (exact) mass is 345 g/mol. The maximum atomic E-state index is 12.4. The Bertz CT molecular complexity index is 548. The van der Waals surface area contributed by atoms with E-state index in [1.807, 2.05) is 12.1 Å². The zero-order valence-corrected chi connectivity index (χ0v) is 15.5. The lowest BCUT2D eigenvalue weighted by Gasteiger charge is -2.36. The molecule has 1 aromatic rings. The second-order valence-electron chi connectivity index (χ2n) is 7.05. The molecule has 2 aliphatic heterocycles. The van der Waals surface area contributed by atoms with Gasteiger partial charge in [0.05, 0.1) is 12.8 Å². The molecule has 0 spiro atoms. The summed E-state index contributed by atoms with van der Waals surface area (Å²) < 4.78 is 5.48. The van der Waals surface area contributed by atoms with Crippen LogP contribution in [0.25, 0.3) is 0 Å². The summed E-state index contributed by atoms with van der Waals surface area (Å²) in [4.78, 5) is 19.3. The van der Waals surface area contributed by atoms with Gasteiger partial charge in [-0.25, -0.2) is 0 Å². The van der Waals surface area contributed by atoms with E-state index in [1.54, 1.807) is 7.11 Å². The molecule has 138 valence electrons. The number of piperazine rings is 1. The molecule has 0 atom stereocenters. The Hall–Kier alpha value is -1.75. The smallest absolute Gasteiger partial charge is 0.223 e. The van der Waals surface area contributed by atoms with Crippen LogP contribution in [0.5, 0.6) is 5.75 Å². The molecule has 0 N–H and O–H groups in total. The molecule has 0 bridgehead atoms. The van der Waals surface area contributed by atoms with Crippen LogP contribution in [0.1, 0.15) is 32.1 Å². The molecule has 0 aromatic heterocycles. The quantitative estimate of drug-likeness (QED) is 0.822. The molecule has 2 aliphatic rings. The Morgan fingerprint density at radius 3 is 2.32 bits per heavy atom. The number of likely N-dealkylation sites (tertiary alicyclic amines) is 1. The van der Waals surface area contributed by atoms with Gasteiger partial charge in [0.25, 0.3) is 0 Å². The molecule has 5 nitrogen and oxygen atoms in total. The molecule has 1 amide bonds. The minimum absolute atomic E-state index is 0.342. The standard InChI is InChI=1S/C20H31N3O2/c1-25-19-9-5-4-8-18(19)22-16-14-21(15-17-22)13-10-20(24)23-11-6-2-3-7-12-23/h4-5,8-9H,2-3,6-7,10-17H2,1H3. The first-order valence-electron chi connectivity index (χ1n) is 9.66. The Morgan fingerprint density at radius 2 is 1.64 bits per heavy atom. The van der Waals surface area contributed by atoms with Crippen LogP contribution in [0.4, 0.5) is 5.69 Å². The molecule has 1 aromatic carbocycles. The van der Waals surface area contributed by atoms with Crippen LogP contribution in [-0.4, -0.2) is 68.6 Å². The number of nitrogens with zero attached hydrogens (tertiary/aromatic N) is 3. The number of rotatable bonds is 5. The molecule has 0 saturated carbocycles. The molecule has 5 heteroatoms. The summed E-state index contributed by atoms with van der Waals surface area (Å²) in [7, 11) is 1.73. The van der Waals surface area contributed by atoms with Gasteiger partial charge in [-0.05, 0) is 25.0 Å². The zero-order valence-electron chi connectivity index (χ0n) is 15.5. The largest absolute Gasteiger partial charge is 0.495 e. The van der Waals surface area contributed by atoms with E-state index in [0.717, 1.165) is 51.6 Å². The van der Waals surface area contributed by atoms with Crippen LogP contribution in [0.2, 0.25) is 0 Å². The summed E-state index contributed by atoms with van der Waals surface area (Å²) in [6.07, 6.45) is 5.55. The number of ether oxygens (including phenoxy) is 1. The molecule has 2 fully saturated rings. The number of anilines is 1. The highest BCUT2D eigenvalue weighted by Crippen LogP contribution is 2.28. The Labute approximate surface area is 151 Å². The summed E-state index contributed by atoms with van der Waals surface area (Å²) in [5.41, 5.74) is 1.17. The maximum Gasteiger partial charge on any atom is 0.223 e. The van der Waals surface area contributed by atoms with Crippen molar-refractivity contribution in [3.8, 4) is 5.75 Å². The first-order valence-corrected chi connectivity index (χ1v) is 9.66. The van der Waals surface area contributed by atoms with Crippen LogP contribution in [0, 0.1) is 0 Å². The first kappa shape index (κ1) is 18.1. The van der Waals surface area contributed by atoms with Gasteiger partial charge in [-0.15, -0.1) is 0 Å². The number of hydrogen-bond donors (Lipinski definition) is 0. The second kappa shape index (κ2) is 9.09. The summed E-state index contributed by atoms with van der Waals surface area (Å²) >= 11 is 0. The van der Waals surface area contributed by atoms with E-state index in [0.29, 0.717) is 12.3 Å². The van der Waals surface area contributed by atoms with E-state index in [9.17, 15) is 4.79 Å². The van der Waals surface area contributed by atoms with Crippen molar-refractivity contribution < 1.29 is 9.53 Å². The van der Waals surface area contributed by atoms with Crippen molar-refractivity contribution in [2.45, 2.75) is 32.1 Å². The third kappa shape index (κ3) is 4.88. The molecular formula is C20H31N3O2. The summed E-state index contributed by atoms with van der Waals surface area (Å²) in [5.74, 6) is 1.28. The number of carbonyl (C=O) groups is 1. The molecule has 2 saturated heterocycles. The first-order chi connectivity index (χ1) is 12.3. The maximum absolute atomic E-state index is 12.4. The van der Waals surface area contributed by atoms with E-state index >= 15 is 0 Å². The minimum atomic E-state index is 0.342. The molecule has 0 aliphatic carbocycles. The van der Waals surface area contributed by atoms with E-state index in [2.05, 4.69) is 26.8 Å². The Kier molecular flexibility index (Phi) is 6.56. The minimum Gasteiger partial charge on any atom is -0.495 e. The van der Waals surface area contributed by atoms with Crippen LogP contribution in [0.15, 0.2) is 24.3 Å². The lowest BCUT2D eigenvalue weighted by molar-refractivity contribution is -0.131. The third-order valence-corrected chi connectivity index (χ3v) is 5.40. The zero-order chi connectivity index (χ0) is 17.5. The van der Waals surface area contributed by atoms with Gasteiger partial charge >= 0.3 is 0 Å². The normalized spacial score (nSPS) is 19.6. The molecule has 0 unspecified atom stereocenters. The van der Waals surface area contributed by atoms with Gasteiger partial charge in [0.15, 0.2) is 0 Å². The fourth-order valence-corrected chi connectivity index (χ4v) is 3.84. The highest BCUT2D eigenvalue weighted by molar-refractivity contribution is 5.76. The summed E-state index contributed by atoms with van der Waals surface area (Å²) in [5, 5.41) is 0. The molecular weight excluding hydrogens is 314 g/mol. The third-order valence-electron chi connectivity index (χ3n) is 5.40. The van der Waals surface area contributed by atoms with Crippen molar-refractivity contribution in [2.24, 2.45) is 0 Å². The lowest BCUT2D eigenvalue weighted by atomic mass is 10.2. The number of para-hydroxylation sites is 2. The number of hydrogen-bond acceptors (Lipinski definition) is 4. The van der Waals surface area contributed by atoms with Gasteiger partial charge in [-0.1, -0.05) is 25.0 Å². The average molecular weight is 345 g/mol. The van der Waals surface area contributed by atoms with Gasteiger partial charge in [-0.3, -0.25) is 9.69 Å². The van der Waals surface area contributed by atoms with Gasteiger partial charge in [-0.2, -0.15) is 0 Å². The Morgan fingerprint density at radius 1 is 0.960 bits per heavy atom. The highest BCUT2D eigenvalue weighted by atomic mass is 16.5. The fraction of sp³-hybridized carbons (Fsp3) is 0.650. The molecule has 25 heavy (non-hydrogen) atoms. The molecule has 3 rings (SSSR count). The van der Waals surface area contributed by atoms with Crippen LogP contribution < -0.4 is 9.64 Å². The second-order valence-corrected chi connectivity index (χ2v) is 7.05. The lowest BCUT2D eigenvalue weighted by Crippen LogP contribution is -2.47. The van der Waals surface area contributed by atoms with Gasteiger partial charge in [0, 0.05) is 52.2 Å². The SMILES string of the molecule is COc1ccccc1N1CCN(CCC(=O)N2CCCCCC2)CC1. The van der Waals surface area contributed by atoms with E-state index in [-0.39, 0.29) is 0 Å². The van der Waals surface area contributed by atoms with Crippen LogP contribution in [-0.2, 0) is 4.79 Å². The van der Waals surface area contributed by atoms with E-state index in [1.165, 1.54) is 31.4 Å². The molecule has 2 heterocycles. The number of amides is 1. The highest BCUT2D eigenvalue weighted by Gasteiger charge is 2.21. The van der Waals surface area contributed by atoms with Crippen molar-refractivity contribution in [2.75, 3.05) is 57.8 Å². The number of methoxy groups -OCH3 is 1. The van der Waals surface area contributed by atoms with Crippen LogP contribution in [0.3, 0.4) is 0 Å². The predicted octanol–water partition coefficient (Wildman–Crippen LogP) is 2.61. The van der Waals surface area contributed by atoms with Crippen molar-refractivity contribution in [3.05, 3.63) is 24.3 Å². The number of benzene rings is 1. The van der Waals surface area contributed by atoms with Gasteiger partial charge in [0.1, 0.15) is 5.75 Å². The van der Waals surface area contributed by atoms with Crippen molar-refractivity contribution >= 4 is 11.6 Å². The van der Waals surface area contributed by atoms with Crippen LogP contribution >= 0.6 is 0 Å². The molecule has 0 radical (unpaired) electrons. The van der Waals surface area contributed by atoms with Crippen molar-refractivity contribution in [1.82, 2.24) is 9.80 Å². The summed E-state index contributed by atoms with van der Waals surface area (Å²) in [6.45, 7) is 6.78. The van der Waals surface area contributed by atoms with Gasteiger partial charge < -0.3 is 14.5 Å². The fourth-order valence-electron chi connectivity index (χ4n) is 3.84. The summed E-state index contributed by atoms with van der Waals surface area (Å²) in [6, 6.07) is 8.20.